The highest BCUT2D eigenvalue weighted by molar-refractivity contribution is 6.30. The highest BCUT2D eigenvalue weighted by Crippen LogP contribution is 2.46. The maximum Gasteiger partial charge on any atom is 0.116 e. The molecule has 0 N–H and O–H groups in total. The fourth-order valence-electron chi connectivity index (χ4n) is 14.2. The minimum absolute atomic E-state index is 0.535. The third-order valence-corrected chi connectivity index (χ3v) is 18.0. The smallest absolute Gasteiger partial charge is 0.116 e. The molecule has 0 spiro atoms. The van der Waals surface area contributed by atoms with E-state index in [9.17, 15) is 10.5 Å². The molecule has 6 heterocycles. The van der Waals surface area contributed by atoms with Gasteiger partial charge in [-0.05, 0) is 127 Å². The van der Waals surface area contributed by atoms with E-state index in [0.29, 0.717) is 39.2 Å². The van der Waals surface area contributed by atoms with Crippen molar-refractivity contribution in [1.29, 1.82) is 10.5 Å². The summed E-state index contributed by atoms with van der Waals surface area (Å²) in [5.41, 5.74) is 21.5. The van der Waals surface area contributed by atoms with Gasteiger partial charge < -0.3 is 18.3 Å². The van der Waals surface area contributed by atoms with E-state index < -0.39 is 0 Å². The normalized spacial score (nSPS) is 11.8. The highest BCUT2D eigenvalue weighted by Gasteiger charge is 2.26. The Morgan fingerprint density at radius 2 is 0.611 bits per heavy atom. The molecule has 0 fully saturated rings. The maximum atomic E-state index is 9.95. The first-order valence-corrected chi connectivity index (χ1v) is 30.0. The molecule has 6 aromatic heterocycles. The zero-order valence-electron chi connectivity index (χ0n) is 48.2. The molecule has 0 saturated carbocycles. The van der Waals surface area contributed by atoms with E-state index in [0.717, 1.165) is 105 Å². The molecule has 0 radical (unpaired) electrons. The van der Waals surface area contributed by atoms with Crippen molar-refractivity contribution in [3.8, 4) is 79.8 Å². The fraction of sp³-hybridized carbons (Fsp3) is 0. The van der Waals surface area contributed by atoms with Gasteiger partial charge >= 0.3 is 0 Å². The summed E-state index contributed by atoms with van der Waals surface area (Å²) in [6.45, 7) is 0. The number of nitriles is 2. The lowest BCUT2D eigenvalue weighted by atomic mass is 9.98. The molecule has 9 heteroatoms. The average molecular weight is 1150 g/mol. The Morgan fingerprint density at radius 1 is 0.267 bits per heavy atom. The summed E-state index contributed by atoms with van der Waals surface area (Å²) in [5.74, 6) is 0. The Balaban J connectivity index is 0.863. The number of rotatable bonds is 8. The molecule has 0 saturated heterocycles. The van der Waals surface area contributed by atoms with Crippen molar-refractivity contribution in [1.82, 2.24) is 33.2 Å². The molecule has 0 amide bonds. The number of fused-ring (bicyclic) bond motifs is 15. The van der Waals surface area contributed by atoms with Crippen molar-refractivity contribution in [2.45, 2.75) is 0 Å². The molecule has 416 valence electrons. The van der Waals surface area contributed by atoms with Gasteiger partial charge in [-0.1, -0.05) is 158 Å². The van der Waals surface area contributed by atoms with Crippen molar-refractivity contribution >= 4 is 98.3 Å². The van der Waals surface area contributed by atoms with E-state index in [2.05, 4.69) is 261 Å². The van der Waals surface area contributed by atoms with Crippen molar-refractivity contribution in [3.63, 3.8) is 0 Å². The van der Waals surface area contributed by atoms with E-state index in [1.54, 1.807) is 0 Å². The number of nitrogens with zero attached hydrogens (tertiary/aromatic N) is 9. The molecule has 90 heavy (non-hydrogen) atoms. The number of benzene rings is 12. The summed E-state index contributed by atoms with van der Waals surface area (Å²) in [7, 11) is 0. The number of para-hydroxylation sites is 6. The maximum absolute atomic E-state index is 9.95. The van der Waals surface area contributed by atoms with Crippen LogP contribution in [-0.2, 0) is 0 Å². The van der Waals surface area contributed by atoms with Gasteiger partial charge in [0.1, 0.15) is 11.0 Å². The lowest BCUT2D eigenvalue weighted by molar-refractivity contribution is 1.17. The standard InChI is InChI=1S/C81H47N9/c82-47-50-33-37-52(38-34-50)78-79(53-39-35-51(48-83)36-40-53)86-81-77(55-18-16-24-59(46-55)90-68-32-14-10-28-63(68)76-72(90)44-42-70-74(76)61-26-8-12-30-66(61)88(70)57-21-5-2-6-22-57)84-49-64(80(81)85-78)54-17-15-23-58(45-54)89-67-31-13-9-27-62(67)75-71(89)43-41-69-73(75)60-25-7-11-29-65(60)87(69)56-19-3-1-4-20-56/h1-46,49H. The Kier molecular flexibility index (Phi) is 11.2. The molecule has 18 rings (SSSR count). The molecule has 0 bridgehead atoms. The largest absolute Gasteiger partial charge is 0.309 e. The van der Waals surface area contributed by atoms with Crippen LogP contribution in [0, 0.1) is 22.7 Å². The molecule has 0 aliphatic rings. The number of hydrogen-bond acceptors (Lipinski definition) is 5. The lowest BCUT2D eigenvalue weighted by Gasteiger charge is -2.17. The van der Waals surface area contributed by atoms with Gasteiger partial charge in [0.2, 0.25) is 0 Å². The Bertz CT molecular complexity index is 5720. The highest BCUT2D eigenvalue weighted by atomic mass is 15.0. The van der Waals surface area contributed by atoms with Gasteiger partial charge in [0.15, 0.2) is 0 Å². The van der Waals surface area contributed by atoms with Crippen LogP contribution in [0.15, 0.2) is 285 Å². The van der Waals surface area contributed by atoms with Gasteiger partial charge in [0, 0.05) is 94.3 Å². The molecule has 12 aromatic carbocycles. The fourth-order valence-corrected chi connectivity index (χ4v) is 14.2. The van der Waals surface area contributed by atoms with E-state index in [-0.39, 0.29) is 0 Å². The monoisotopic (exact) mass is 1150 g/mol. The molecule has 0 unspecified atom stereocenters. The van der Waals surface area contributed by atoms with Crippen LogP contribution in [0.25, 0.3) is 166 Å². The predicted molar refractivity (Wildman–Crippen MR) is 366 cm³/mol. The number of pyridine rings is 1. The van der Waals surface area contributed by atoms with E-state index in [1.807, 2.05) is 54.7 Å². The van der Waals surface area contributed by atoms with Gasteiger partial charge in [-0.3, -0.25) is 4.98 Å². The summed E-state index contributed by atoms with van der Waals surface area (Å²) in [6.07, 6.45) is 1.95. The average Bonchev–Trinajstić information content (AvgIpc) is 1.57. The second-order valence-corrected chi connectivity index (χ2v) is 22.9. The summed E-state index contributed by atoms with van der Waals surface area (Å²) >= 11 is 0. The first kappa shape index (κ1) is 50.6. The first-order chi connectivity index (χ1) is 44.6. The number of aromatic nitrogens is 7. The Labute approximate surface area is 515 Å². The van der Waals surface area contributed by atoms with E-state index in [1.165, 1.54) is 32.3 Å². The third kappa shape index (κ3) is 7.57. The van der Waals surface area contributed by atoms with Crippen molar-refractivity contribution in [3.05, 3.63) is 296 Å². The zero-order chi connectivity index (χ0) is 59.6. The van der Waals surface area contributed by atoms with Crippen molar-refractivity contribution in [2.24, 2.45) is 0 Å². The second-order valence-electron chi connectivity index (χ2n) is 22.9. The minimum Gasteiger partial charge on any atom is -0.309 e. The van der Waals surface area contributed by atoms with E-state index in [4.69, 9.17) is 15.0 Å². The summed E-state index contributed by atoms with van der Waals surface area (Å²) in [4.78, 5) is 16.9. The molecule has 0 aliphatic carbocycles. The van der Waals surface area contributed by atoms with Gasteiger partial charge in [-0.25, -0.2) is 9.97 Å². The van der Waals surface area contributed by atoms with Gasteiger partial charge in [0.25, 0.3) is 0 Å². The summed E-state index contributed by atoms with van der Waals surface area (Å²) < 4.78 is 9.52. The van der Waals surface area contributed by atoms with Crippen LogP contribution < -0.4 is 0 Å². The van der Waals surface area contributed by atoms with Gasteiger partial charge in [0.05, 0.1) is 84.5 Å². The minimum atomic E-state index is 0.535. The Hall–Kier alpha value is -12.7. The van der Waals surface area contributed by atoms with Crippen LogP contribution in [0.5, 0.6) is 0 Å². The van der Waals surface area contributed by atoms with Gasteiger partial charge in [-0.15, -0.1) is 0 Å². The first-order valence-electron chi connectivity index (χ1n) is 30.0. The summed E-state index contributed by atoms with van der Waals surface area (Å²) in [6, 6.07) is 102. The van der Waals surface area contributed by atoms with Crippen LogP contribution >= 0.6 is 0 Å². The van der Waals surface area contributed by atoms with Crippen LogP contribution in [-0.4, -0.2) is 33.2 Å². The van der Waals surface area contributed by atoms with Crippen molar-refractivity contribution in [2.75, 3.05) is 0 Å². The lowest BCUT2D eigenvalue weighted by Crippen LogP contribution is -2.01. The molecule has 18 aromatic rings. The van der Waals surface area contributed by atoms with Crippen LogP contribution in [0.4, 0.5) is 0 Å². The molecular weight excluding hydrogens is 1100 g/mol. The summed E-state index contributed by atoms with van der Waals surface area (Å²) in [5, 5.41) is 29.4. The quantitative estimate of drug-likeness (QED) is 0.151. The molecular formula is C81H47N9. The number of hydrogen-bond donors (Lipinski definition) is 0. The van der Waals surface area contributed by atoms with Gasteiger partial charge in [-0.2, -0.15) is 10.5 Å². The molecule has 0 aliphatic heterocycles. The van der Waals surface area contributed by atoms with Crippen LogP contribution in [0.1, 0.15) is 11.1 Å². The molecule has 9 nitrogen and oxygen atoms in total. The van der Waals surface area contributed by atoms with Crippen LogP contribution in [0.2, 0.25) is 0 Å². The third-order valence-electron chi connectivity index (χ3n) is 18.0. The van der Waals surface area contributed by atoms with Crippen molar-refractivity contribution < 1.29 is 0 Å². The van der Waals surface area contributed by atoms with Crippen LogP contribution in [0.3, 0.4) is 0 Å². The zero-order valence-corrected chi connectivity index (χ0v) is 48.2. The van der Waals surface area contributed by atoms with E-state index >= 15 is 0 Å². The topological polar surface area (TPSA) is 106 Å². The Morgan fingerprint density at radius 3 is 1.02 bits per heavy atom. The second kappa shape index (κ2) is 19.9. The predicted octanol–water partition coefficient (Wildman–Crippen LogP) is 19.8. The molecule has 0 atom stereocenters. The SMILES string of the molecule is N#Cc1ccc(-c2nc3c(-c4cccc(-n5c6ccccc6c6c7c8ccccc8n(-c8ccccc8)c7ccc65)c4)cnc(-c4cccc(-n5c6ccccc6c6c7c8ccccc8n(-c8ccccc8)c7ccc65)c4)c3nc2-c2ccc(C#N)cc2)cc1.